The minimum atomic E-state index is -3.61. The van der Waals surface area contributed by atoms with Gasteiger partial charge in [0.15, 0.2) is 5.78 Å². The van der Waals surface area contributed by atoms with E-state index in [1.54, 1.807) is 0 Å². The predicted molar refractivity (Wildman–Crippen MR) is 120 cm³/mol. The largest absolute Gasteiger partial charge is 0.495 e. The van der Waals surface area contributed by atoms with Gasteiger partial charge in [-0.25, -0.2) is 12.8 Å². The van der Waals surface area contributed by atoms with Crippen molar-refractivity contribution in [3.05, 3.63) is 58.4 Å². The number of hydrogen-bond donors (Lipinski definition) is 1. The first kappa shape index (κ1) is 23.7. The Labute approximate surface area is 187 Å². The van der Waals surface area contributed by atoms with E-state index in [2.05, 4.69) is 4.72 Å². The van der Waals surface area contributed by atoms with E-state index in [4.69, 9.17) is 20.9 Å². The van der Waals surface area contributed by atoms with Crippen molar-refractivity contribution in [1.82, 2.24) is 0 Å². The molecule has 0 unspecified atom stereocenters. The van der Waals surface area contributed by atoms with E-state index in [0.717, 1.165) is 0 Å². The fourth-order valence-corrected chi connectivity index (χ4v) is 3.94. The number of benzene rings is 2. The number of hydrogen-bond acceptors (Lipinski definition) is 5. The molecule has 31 heavy (non-hydrogen) atoms. The van der Waals surface area contributed by atoms with Crippen molar-refractivity contribution in [3.8, 4) is 0 Å². The maximum atomic E-state index is 13.3. The van der Waals surface area contributed by atoms with Gasteiger partial charge in [-0.2, -0.15) is 0 Å². The van der Waals surface area contributed by atoms with Crippen LogP contribution in [0.5, 0.6) is 0 Å². The molecule has 1 N–H and O–H groups in total. The second kappa shape index (κ2) is 8.20. The predicted octanol–water partition coefficient (Wildman–Crippen LogP) is 3.77. The Morgan fingerprint density at radius 3 is 2.16 bits per heavy atom. The van der Waals surface area contributed by atoms with E-state index in [1.165, 1.54) is 43.3 Å². The van der Waals surface area contributed by atoms with E-state index in [1.807, 2.05) is 27.7 Å². The number of sulfonamides is 1. The van der Waals surface area contributed by atoms with Crippen molar-refractivity contribution in [1.29, 1.82) is 0 Å². The Morgan fingerprint density at radius 2 is 1.65 bits per heavy atom. The second-order valence-corrected chi connectivity index (χ2v) is 10.8. The lowest BCUT2D eigenvalue weighted by Gasteiger charge is -2.32. The van der Waals surface area contributed by atoms with Gasteiger partial charge in [0, 0.05) is 11.1 Å². The summed E-state index contributed by atoms with van der Waals surface area (Å²) in [7, 11) is -4.55. The maximum Gasteiger partial charge on any atom is 0.495 e. The van der Waals surface area contributed by atoms with Crippen molar-refractivity contribution in [2.45, 2.75) is 45.8 Å². The van der Waals surface area contributed by atoms with Crippen LogP contribution in [-0.2, 0) is 19.3 Å². The fraction of sp³-hybridized carbons (Fsp3) is 0.381. The van der Waals surface area contributed by atoms with Gasteiger partial charge in [0.25, 0.3) is 0 Å². The summed E-state index contributed by atoms with van der Waals surface area (Å²) in [5.41, 5.74) is -0.505. The van der Waals surface area contributed by atoms with E-state index in [-0.39, 0.29) is 27.6 Å². The van der Waals surface area contributed by atoms with Gasteiger partial charge in [0.2, 0.25) is 10.0 Å². The molecule has 1 fully saturated rings. The highest BCUT2D eigenvalue weighted by Gasteiger charge is 2.52. The molecule has 10 heteroatoms. The van der Waals surface area contributed by atoms with Crippen LogP contribution in [0.1, 0.15) is 50.5 Å². The molecule has 1 heterocycles. The molecule has 0 aromatic heterocycles. The van der Waals surface area contributed by atoms with Gasteiger partial charge in [-0.3, -0.25) is 9.52 Å². The van der Waals surface area contributed by atoms with Crippen molar-refractivity contribution < 1.29 is 26.9 Å². The average Bonchev–Trinajstić information content (AvgIpc) is 2.90. The van der Waals surface area contributed by atoms with Crippen LogP contribution >= 0.6 is 11.6 Å². The lowest BCUT2D eigenvalue weighted by atomic mass is 9.74. The molecule has 0 saturated carbocycles. The molecule has 1 aliphatic heterocycles. The van der Waals surface area contributed by atoms with Crippen molar-refractivity contribution in [3.63, 3.8) is 0 Å². The average molecular weight is 468 g/mol. The molecule has 0 spiro atoms. The topological polar surface area (TPSA) is 81.7 Å². The molecule has 2 aromatic carbocycles. The van der Waals surface area contributed by atoms with Crippen LogP contribution in [0, 0.1) is 5.82 Å². The van der Waals surface area contributed by atoms with Gasteiger partial charge in [0.1, 0.15) is 5.82 Å². The summed E-state index contributed by atoms with van der Waals surface area (Å²) in [6.45, 7) is 8.96. The van der Waals surface area contributed by atoms with E-state index >= 15 is 0 Å². The molecule has 1 aliphatic rings. The van der Waals surface area contributed by atoms with Gasteiger partial charge < -0.3 is 9.31 Å². The van der Waals surface area contributed by atoms with Crippen LogP contribution in [-0.4, -0.2) is 38.3 Å². The maximum absolute atomic E-state index is 13.3. The fourth-order valence-electron chi connectivity index (χ4n) is 3.03. The van der Waals surface area contributed by atoms with E-state index < -0.39 is 39.9 Å². The minimum Gasteiger partial charge on any atom is -0.399 e. The summed E-state index contributed by atoms with van der Waals surface area (Å²) < 4.78 is 52.1. The van der Waals surface area contributed by atoms with Gasteiger partial charge in [-0.05, 0) is 76.5 Å². The number of halogens is 2. The molecule has 1 saturated heterocycles. The van der Waals surface area contributed by atoms with Crippen LogP contribution in [0.25, 0.3) is 0 Å². The third kappa shape index (κ3) is 4.79. The first-order valence-corrected chi connectivity index (χ1v) is 11.8. The Balaban J connectivity index is 2.14. The Bertz CT molecular complexity index is 1100. The smallest absolute Gasteiger partial charge is 0.399 e. The first-order chi connectivity index (χ1) is 14.3. The van der Waals surface area contributed by atoms with Gasteiger partial charge in [-0.15, -0.1) is 0 Å². The summed E-state index contributed by atoms with van der Waals surface area (Å²) in [6.07, 6.45) is 0. The summed E-state index contributed by atoms with van der Waals surface area (Å²) in [6, 6.07) is 7.94. The van der Waals surface area contributed by atoms with Gasteiger partial charge in [-0.1, -0.05) is 11.6 Å². The van der Waals surface area contributed by atoms with E-state index in [0.29, 0.717) is 5.46 Å². The Kier molecular flexibility index (Phi) is 6.28. The molecule has 166 valence electrons. The van der Waals surface area contributed by atoms with Gasteiger partial charge in [0.05, 0.1) is 27.7 Å². The van der Waals surface area contributed by atoms with Gasteiger partial charge >= 0.3 is 7.12 Å². The summed E-state index contributed by atoms with van der Waals surface area (Å²) in [5, 5.41) is 0.0442. The molecule has 0 aliphatic carbocycles. The zero-order valence-corrected chi connectivity index (χ0v) is 19.5. The van der Waals surface area contributed by atoms with Crippen LogP contribution in [0.15, 0.2) is 36.4 Å². The zero-order chi connectivity index (χ0) is 23.2. The van der Waals surface area contributed by atoms with Crippen LogP contribution in [0.3, 0.4) is 0 Å². The lowest BCUT2D eigenvalue weighted by Crippen LogP contribution is -2.41. The summed E-state index contributed by atoms with van der Waals surface area (Å²) >= 11 is 6.32. The molecule has 3 rings (SSSR count). The zero-order valence-electron chi connectivity index (χ0n) is 18.0. The number of anilines is 1. The standard InChI is InChI=1S/C21H24BClFNO5S/c1-6-31(27,28)25-18-12-16(22-29-20(2,3)21(4,5)30-22)15(11-17(18)23)19(26)13-7-9-14(24)10-8-13/h7-12,25H,6H2,1-5H3. The SMILES string of the molecule is CCS(=O)(=O)Nc1cc(B2OC(C)(C)C(C)(C)O2)c(C(=O)c2ccc(F)cc2)cc1Cl. The van der Waals surface area contributed by atoms with Crippen LogP contribution in [0.4, 0.5) is 10.1 Å². The molecule has 0 atom stereocenters. The van der Waals surface area contributed by atoms with Crippen LogP contribution < -0.4 is 10.2 Å². The molecular formula is C21H24BClFNO5S. The third-order valence-corrected chi connectivity index (χ3v) is 7.25. The summed E-state index contributed by atoms with van der Waals surface area (Å²) in [4.78, 5) is 13.2. The molecular weight excluding hydrogens is 444 g/mol. The molecule has 2 aromatic rings. The Morgan fingerprint density at radius 1 is 1.10 bits per heavy atom. The second-order valence-electron chi connectivity index (χ2n) is 8.35. The Hall–Kier alpha value is -1.94. The van der Waals surface area contributed by atoms with Crippen molar-refractivity contribution >= 4 is 45.7 Å². The highest BCUT2D eigenvalue weighted by atomic mass is 35.5. The molecule has 6 nitrogen and oxygen atoms in total. The normalized spacial score (nSPS) is 17.6. The third-order valence-electron chi connectivity index (χ3n) is 5.64. The lowest BCUT2D eigenvalue weighted by molar-refractivity contribution is 0.00578. The number of rotatable bonds is 6. The molecule has 0 bridgehead atoms. The molecule has 0 amide bonds. The highest BCUT2D eigenvalue weighted by molar-refractivity contribution is 7.92. The quantitative estimate of drug-likeness (QED) is 0.516. The van der Waals surface area contributed by atoms with E-state index in [9.17, 15) is 17.6 Å². The number of ketones is 1. The highest BCUT2D eigenvalue weighted by Crippen LogP contribution is 2.37. The van der Waals surface area contributed by atoms with Crippen molar-refractivity contribution in [2.24, 2.45) is 0 Å². The number of carbonyl (C=O) groups excluding carboxylic acids is 1. The monoisotopic (exact) mass is 467 g/mol. The minimum absolute atomic E-state index is 0.0442. The van der Waals surface area contributed by atoms with Crippen LogP contribution in [0.2, 0.25) is 5.02 Å². The number of carbonyl (C=O) groups is 1. The summed E-state index contributed by atoms with van der Waals surface area (Å²) in [5.74, 6) is -1.03. The number of nitrogens with one attached hydrogen (secondary N) is 1. The molecule has 0 radical (unpaired) electrons. The first-order valence-electron chi connectivity index (χ1n) is 9.76. The van der Waals surface area contributed by atoms with Crippen molar-refractivity contribution in [2.75, 3.05) is 10.5 Å².